The summed E-state index contributed by atoms with van der Waals surface area (Å²) in [6.45, 7) is 0. The van der Waals surface area contributed by atoms with Crippen LogP contribution in [-0.4, -0.2) is 15.9 Å². The topological polar surface area (TPSA) is 54.9 Å². The number of aromatic nitrogens is 2. The average molecular weight is 284 g/mol. The number of hydrogen-bond acceptors (Lipinski definition) is 3. The van der Waals surface area contributed by atoms with Gasteiger partial charge in [-0.1, -0.05) is 17.7 Å². The number of benzene rings is 1. The molecule has 3 rings (SSSR count). The Balaban J connectivity index is 1.88. The largest absolute Gasteiger partial charge is 0.307 e. The summed E-state index contributed by atoms with van der Waals surface area (Å²) < 4.78 is 0. The minimum Gasteiger partial charge on any atom is -0.307 e. The van der Waals surface area contributed by atoms with Crippen LogP contribution in [0.25, 0.3) is 10.9 Å². The normalized spacial score (nSPS) is 10.4. The third-order valence-electron chi connectivity index (χ3n) is 2.83. The highest BCUT2D eigenvalue weighted by Gasteiger charge is 2.08. The number of pyridine rings is 2. The number of nitrogens with one attached hydrogen (secondary N) is 1. The zero-order valence-corrected chi connectivity index (χ0v) is 11.1. The number of hydrogen-bond donors (Lipinski definition) is 1. The molecule has 98 valence electrons. The Morgan fingerprint density at radius 2 is 1.95 bits per heavy atom. The van der Waals surface area contributed by atoms with Gasteiger partial charge in [-0.15, -0.1) is 0 Å². The summed E-state index contributed by atoms with van der Waals surface area (Å²) in [5.41, 5.74) is 1.40. The number of nitrogens with zero attached hydrogens (tertiary/aromatic N) is 2. The molecule has 0 aliphatic heterocycles. The Kier molecular flexibility index (Phi) is 3.31. The SMILES string of the molecule is O=C(Nc1cc(Cl)ccn1)c1ccc2ncccc2c1. The highest BCUT2D eigenvalue weighted by molar-refractivity contribution is 6.30. The summed E-state index contributed by atoms with van der Waals surface area (Å²) >= 11 is 5.85. The van der Waals surface area contributed by atoms with Crippen LogP contribution >= 0.6 is 11.6 Å². The van der Waals surface area contributed by atoms with Crippen molar-refractivity contribution >= 4 is 34.2 Å². The number of fused-ring (bicyclic) bond motifs is 1. The lowest BCUT2D eigenvalue weighted by Gasteiger charge is -2.05. The molecule has 2 aromatic heterocycles. The van der Waals surface area contributed by atoms with Gasteiger partial charge in [0.15, 0.2) is 0 Å². The van der Waals surface area contributed by atoms with E-state index in [0.717, 1.165) is 10.9 Å². The monoisotopic (exact) mass is 283 g/mol. The molecule has 3 aromatic rings. The first kappa shape index (κ1) is 12.6. The van der Waals surface area contributed by atoms with Gasteiger partial charge in [0.25, 0.3) is 5.91 Å². The van der Waals surface area contributed by atoms with Crippen molar-refractivity contribution < 1.29 is 4.79 Å². The summed E-state index contributed by atoms with van der Waals surface area (Å²) in [6, 6.07) is 12.3. The first-order valence-electron chi connectivity index (χ1n) is 6.00. The van der Waals surface area contributed by atoms with Crippen molar-refractivity contribution in [2.45, 2.75) is 0 Å². The number of halogens is 1. The fraction of sp³-hybridized carbons (Fsp3) is 0. The predicted octanol–water partition coefficient (Wildman–Crippen LogP) is 3.54. The van der Waals surface area contributed by atoms with E-state index in [4.69, 9.17) is 11.6 Å². The first-order chi connectivity index (χ1) is 9.72. The Hall–Kier alpha value is -2.46. The van der Waals surface area contributed by atoms with E-state index in [2.05, 4.69) is 15.3 Å². The van der Waals surface area contributed by atoms with Gasteiger partial charge in [0, 0.05) is 28.4 Å². The molecule has 1 N–H and O–H groups in total. The van der Waals surface area contributed by atoms with Gasteiger partial charge < -0.3 is 5.32 Å². The number of carbonyl (C=O) groups excluding carboxylic acids is 1. The molecule has 0 atom stereocenters. The summed E-state index contributed by atoms with van der Waals surface area (Å²) in [6.07, 6.45) is 3.26. The second-order valence-corrected chi connectivity index (χ2v) is 4.66. The number of carbonyl (C=O) groups is 1. The van der Waals surface area contributed by atoms with Crippen LogP contribution in [-0.2, 0) is 0 Å². The van der Waals surface area contributed by atoms with E-state index in [9.17, 15) is 4.79 Å². The lowest BCUT2D eigenvalue weighted by Crippen LogP contribution is -2.12. The molecule has 0 spiro atoms. The molecule has 0 aliphatic carbocycles. The van der Waals surface area contributed by atoms with Gasteiger partial charge in [0.05, 0.1) is 5.52 Å². The zero-order valence-electron chi connectivity index (χ0n) is 10.4. The lowest BCUT2D eigenvalue weighted by molar-refractivity contribution is 0.102. The Morgan fingerprint density at radius 1 is 1.05 bits per heavy atom. The van der Waals surface area contributed by atoms with Gasteiger partial charge in [-0.05, 0) is 36.4 Å². The summed E-state index contributed by atoms with van der Waals surface area (Å²) in [5.74, 6) is 0.194. The van der Waals surface area contributed by atoms with Crippen LogP contribution in [0.4, 0.5) is 5.82 Å². The molecule has 0 bridgehead atoms. The first-order valence-corrected chi connectivity index (χ1v) is 6.38. The smallest absolute Gasteiger partial charge is 0.256 e. The summed E-state index contributed by atoms with van der Waals surface area (Å²) in [4.78, 5) is 20.4. The van der Waals surface area contributed by atoms with Crippen molar-refractivity contribution in [1.29, 1.82) is 0 Å². The maximum atomic E-state index is 12.2. The fourth-order valence-corrected chi connectivity index (χ4v) is 2.04. The Labute approximate surface area is 120 Å². The van der Waals surface area contributed by atoms with Gasteiger partial charge in [-0.3, -0.25) is 9.78 Å². The van der Waals surface area contributed by atoms with Crippen LogP contribution in [0.5, 0.6) is 0 Å². The van der Waals surface area contributed by atoms with Gasteiger partial charge in [-0.25, -0.2) is 4.98 Å². The Morgan fingerprint density at radius 3 is 2.80 bits per heavy atom. The van der Waals surface area contributed by atoms with E-state index in [0.29, 0.717) is 16.4 Å². The van der Waals surface area contributed by atoms with Crippen molar-refractivity contribution in [3.05, 3.63) is 65.4 Å². The lowest BCUT2D eigenvalue weighted by atomic mass is 10.1. The number of rotatable bonds is 2. The molecule has 0 saturated heterocycles. The van der Waals surface area contributed by atoms with E-state index in [-0.39, 0.29) is 5.91 Å². The summed E-state index contributed by atoms with van der Waals surface area (Å²) in [7, 11) is 0. The fourth-order valence-electron chi connectivity index (χ4n) is 1.88. The highest BCUT2D eigenvalue weighted by atomic mass is 35.5. The number of anilines is 1. The van der Waals surface area contributed by atoms with Crippen LogP contribution in [0.2, 0.25) is 5.02 Å². The summed E-state index contributed by atoms with van der Waals surface area (Å²) in [5, 5.41) is 4.15. The van der Waals surface area contributed by atoms with E-state index < -0.39 is 0 Å². The van der Waals surface area contributed by atoms with Crippen molar-refractivity contribution in [2.24, 2.45) is 0 Å². The van der Waals surface area contributed by atoms with E-state index >= 15 is 0 Å². The molecule has 1 aromatic carbocycles. The average Bonchev–Trinajstić information content (AvgIpc) is 2.47. The highest BCUT2D eigenvalue weighted by Crippen LogP contribution is 2.16. The molecule has 4 nitrogen and oxygen atoms in total. The molecule has 5 heteroatoms. The van der Waals surface area contributed by atoms with Crippen LogP contribution < -0.4 is 5.32 Å². The third-order valence-corrected chi connectivity index (χ3v) is 3.06. The minimum absolute atomic E-state index is 0.231. The van der Waals surface area contributed by atoms with E-state index in [1.54, 1.807) is 36.7 Å². The van der Waals surface area contributed by atoms with Gasteiger partial charge >= 0.3 is 0 Å². The molecule has 2 heterocycles. The Bertz CT molecular complexity index is 789. The van der Waals surface area contributed by atoms with Crippen molar-refractivity contribution in [3.63, 3.8) is 0 Å². The molecule has 0 aliphatic rings. The molecular weight excluding hydrogens is 274 g/mol. The molecule has 0 fully saturated rings. The quantitative estimate of drug-likeness (QED) is 0.783. The minimum atomic E-state index is -0.231. The molecular formula is C15H10ClN3O. The maximum absolute atomic E-state index is 12.2. The van der Waals surface area contributed by atoms with Gasteiger partial charge in [0.2, 0.25) is 0 Å². The molecule has 0 unspecified atom stereocenters. The maximum Gasteiger partial charge on any atom is 0.256 e. The zero-order chi connectivity index (χ0) is 13.9. The molecule has 20 heavy (non-hydrogen) atoms. The van der Waals surface area contributed by atoms with Crippen LogP contribution in [0.15, 0.2) is 54.9 Å². The number of amides is 1. The van der Waals surface area contributed by atoms with Gasteiger partial charge in [-0.2, -0.15) is 0 Å². The standard InChI is InChI=1S/C15H10ClN3O/c16-12-5-7-18-14(9-12)19-15(20)11-3-4-13-10(8-11)2-1-6-17-13/h1-9H,(H,18,19,20). The van der Waals surface area contributed by atoms with Crippen molar-refractivity contribution in [2.75, 3.05) is 5.32 Å². The molecule has 0 saturated carbocycles. The van der Waals surface area contributed by atoms with E-state index in [1.807, 2.05) is 18.2 Å². The van der Waals surface area contributed by atoms with Crippen LogP contribution in [0.3, 0.4) is 0 Å². The molecule has 1 amide bonds. The van der Waals surface area contributed by atoms with Crippen molar-refractivity contribution in [1.82, 2.24) is 9.97 Å². The third kappa shape index (κ3) is 2.60. The second-order valence-electron chi connectivity index (χ2n) is 4.22. The van der Waals surface area contributed by atoms with E-state index in [1.165, 1.54) is 0 Å². The van der Waals surface area contributed by atoms with Crippen LogP contribution in [0, 0.1) is 0 Å². The van der Waals surface area contributed by atoms with Gasteiger partial charge in [0.1, 0.15) is 5.82 Å². The van der Waals surface area contributed by atoms with Crippen LogP contribution in [0.1, 0.15) is 10.4 Å². The molecule has 0 radical (unpaired) electrons. The van der Waals surface area contributed by atoms with Crippen molar-refractivity contribution in [3.8, 4) is 0 Å². The predicted molar refractivity (Wildman–Crippen MR) is 78.9 cm³/mol. The second kappa shape index (κ2) is 5.27.